The van der Waals surface area contributed by atoms with Crippen molar-refractivity contribution in [3.05, 3.63) is 18.2 Å². The molecule has 1 aromatic rings. The average molecular weight is 293 g/mol. The zero-order valence-corrected chi connectivity index (χ0v) is 12.3. The fourth-order valence-corrected chi connectivity index (χ4v) is 2.07. The van der Waals surface area contributed by atoms with E-state index in [2.05, 4.69) is 5.32 Å². The molecule has 0 bridgehead atoms. The van der Waals surface area contributed by atoms with Crippen LogP contribution in [0.3, 0.4) is 0 Å². The van der Waals surface area contributed by atoms with E-state index < -0.39 is 17.8 Å². The minimum Gasteiger partial charge on any atom is -0.497 e. The van der Waals surface area contributed by atoms with Crippen LogP contribution in [0.1, 0.15) is 20.3 Å². The van der Waals surface area contributed by atoms with E-state index in [0.717, 1.165) is 0 Å². The molecule has 1 fully saturated rings. The summed E-state index contributed by atoms with van der Waals surface area (Å²) in [6.45, 7) is 3.77. The van der Waals surface area contributed by atoms with Crippen LogP contribution in [0.2, 0.25) is 0 Å². The molecule has 0 saturated heterocycles. The van der Waals surface area contributed by atoms with Crippen LogP contribution >= 0.6 is 0 Å². The maximum absolute atomic E-state index is 12.1. The Balaban J connectivity index is 2.13. The fourth-order valence-electron chi connectivity index (χ4n) is 2.07. The van der Waals surface area contributed by atoms with Gasteiger partial charge in [0.1, 0.15) is 11.5 Å². The number of methoxy groups -OCH3 is 1. The van der Waals surface area contributed by atoms with Crippen molar-refractivity contribution in [2.24, 2.45) is 11.8 Å². The predicted molar refractivity (Wildman–Crippen MR) is 76.6 cm³/mol. The Morgan fingerprint density at radius 2 is 2.05 bits per heavy atom. The van der Waals surface area contributed by atoms with Crippen LogP contribution in [0.25, 0.3) is 0 Å². The lowest BCUT2D eigenvalue weighted by atomic mass is 10.2. The number of benzene rings is 1. The number of carbonyl (C=O) groups is 2. The van der Waals surface area contributed by atoms with Gasteiger partial charge in [0.05, 0.1) is 30.7 Å². The molecule has 1 aliphatic carbocycles. The predicted octanol–water partition coefficient (Wildman–Crippen LogP) is 2.14. The van der Waals surface area contributed by atoms with Crippen LogP contribution in [0.5, 0.6) is 11.5 Å². The third-order valence-corrected chi connectivity index (χ3v) is 3.25. The highest BCUT2D eigenvalue weighted by Crippen LogP contribution is 2.40. The average Bonchev–Trinajstić information content (AvgIpc) is 3.20. The second-order valence-electron chi connectivity index (χ2n) is 5.30. The Morgan fingerprint density at radius 3 is 2.57 bits per heavy atom. The summed E-state index contributed by atoms with van der Waals surface area (Å²) >= 11 is 0. The third-order valence-electron chi connectivity index (χ3n) is 3.25. The van der Waals surface area contributed by atoms with Crippen molar-refractivity contribution in [1.82, 2.24) is 0 Å². The van der Waals surface area contributed by atoms with E-state index in [1.54, 1.807) is 18.2 Å². The summed E-state index contributed by atoms with van der Waals surface area (Å²) in [5.74, 6) is -1.16. The van der Waals surface area contributed by atoms with Gasteiger partial charge < -0.3 is 19.9 Å². The van der Waals surface area contributed by atoms with Crippen molar-refractivity contribution in [2.75, 3.05) is 12.4 Å². The SMILES string of the molecule is COc1ccc(OC(C)C)c(NC(=O)C2CC2C(=O)O)c1. The summed E-state index contributed by atoms with van der Waals surface area (Å²) < 4.78 is 10.8. The molecule has 2 rings (SSSR count). The van der Waals surface area contributed by atoms with Gasteiger partial charge in [0.25, 0.3) is 0 Å². The van der Waals surface area contributed by atoms with Crippen molar-refractivity contribution in [2.45, 2.75) is 26.4 Å². The van der Waals surface area contributed by atoms with E-state index in [1.807, 2.05) is 13.8 Å². The Labute approximate surface area is 123 Å². The van der Waals surface area contributed by atoms with E-state index in [4.69, 9.17) is 14.6 Å². The summed E-state index contributed by atoms with van der Waals surface area (Å²) in [6, 6.07) is 5.12. The molecule has 114 valence electrons. The number of ether oxygens (including phenoxy) is 2. The Morgan fingerprint density at radius 1 is 1.33 bits per heavy atom. The van der Waals surface area contributed by atoms with Crippen LogP contribution in [-0.4, -0.2) is 30.2 Å². The van der Waals surface area contributed by atoms with Gasteiger partial charge in [-0.25, -0.2) is 0 Å². The molecular formula is C15H19NO5. The first-order valence-electron chi connectivity index (χ1n) is 6.80. The lowest BCUT2D eigenvalue weighted by Crippen LogP contribution is -2.18. The number of aliphatic carboxylic acids is 1. The van der Waals surface area contributed by atoms with E-state index in [0.29, 0.717) is 23.6 Å². The monoisotopic (exact) mass is 293 g/mol. The molecular weight excluding hydrogens is 274 g/mol. The van der Waals surface area contributed by atoms with Gasteiger partial charge in [0.15, 0.2) is 0 Å². The molecule has 21 heavy (non-hydrogen) atoms. The molecule has 2 N–H and O–H groups in total. The largest absolute Gasteiger partial charge is 0.497 e. The number of carboxylic acids is 1. The number of anilines is 1. The lowest BCUT2D eigenvalue weighted by Gasteiger charge is -2.16. The van der Waals surface area contributed by atoms with E-state index in [1.165, 1.54) is 7.11 Å². The first-order chi connectivity index (χ1) is 9.92. The van der Waals surface area contributed by atoms with E-state index in [9.17, 15) is 9.59 Å². The van der Waals surface area contributed by atoms with Gasteiger partial charge in [-0.15, -0.1) is 0 Å². The number of hydrogen-bond acceptors (Lipinski definition) is 4. The van der Waals surface area contributed by atoms with E-state index in [-0.39, 0.29) is 12.0 Å². The quantitative estimate of drug-likeness (QED) is 0.839. The molecule has 0 aromatic heterocycles. The smallest absolute Gasteiger partial charge is 0.307 e. The zero-order valence-electron chi connectivity index (χ0n) is 12.3. The second-order valence-corrected chi connectivity index (χ2v) is 5.30. The minimum atomic E-state index is -0.931. The van der Waals surface area contributed by atoms with Gasteiger partial charge in [-0.3, -0.25) is 9.59 Å². The van der Waals surface area contributed by atoms with Crippen LogP contribution in [0.15, 0.2) is 18.2 Å². The molecule has 6 nitrogen and oxygen atoms in total. The second kappa shape index (κ2) is 6.03. The van der Waals surface area contributed by atoms with Gasteiger partial charge >= 0.3 is 5.97 Å². The van der Waals surface area contributed by atoms with Crippen molar-refractivity contribution < 1.29 is 24.2 Å². The standard InChI is InChI=1S/C15H19NO5/c1-8(2)21-13-5-4-9(20-3)6-12(13)16-14(17)10-7-11(10)15(18)19/h4-6,8,10-11H,7H2,1-3H3,(H,16,17)(H,18,19). The first-order valence-corrected chi connectivity index (χ1v) is 6.80. The number of nitrogens with one attached hydrogen (secondary N) is 1. The highest BCUT2D eigenvalue weighted by Gasteiger charge is 2.48. The topological polar surface area (TPSA) is 84.9 Å². The molecule has 1 aromatic carbocycles. The van der Waals surface area contributed by atoms with Crippen molar-refractivity contribution in [3.8, 4) is 11.5 Å². The van der Waals surface area contributed by atoms with Gasteiger partial charge in [-0.05, 0) is 32.4 Å². The highest BCUT2D eigenvalue weighted by atomic mass is 16.5. The summed E-state index contributed by atoms with van der Waals surface area (Å²) in [4.78, 5) is 22.9. The van der Waals surface area contributed by atoms with Crippen LogP contribution in [-0.2, 0) is 9.59 Å². The molecule has 0 radical (unpaired) electrons. The zero-order chi connectivity index (χ0) is 15.6. The normalized spacial score (nSPS) is 20.0. The summed E-state index contributed by atoms with van der Waals surface area (Å²) in [5.41, 5.74) is 0.490. The van der Waals surface area contributed by atoms with Gasteiger partial charge in [-0.1, -0.05) is 0 Å². The van der Waals surface area contributed by atoms with Crippen LogP contribution in [0.4, 0.5) is 5.69 Å². The maximum atomic E-state index is 12.1. The van der Waals surface area contributed by atoms with Crippen molar-refractivity contribution in [3.63, 3.8) is 0 Å². The molecule has 1 amide bonds. The molecule has 0 aliphatic heterocycles. The summed E-state index contributed by atoms with van der Waals surface area (Å²) in [5, 5.41) is 11.6. The van der Waals surface area contributed by atoms with E-state index >= 15 is 0 Å². The number of carbonyl (C=O) groups excluding carboxylic acids is 1. The van der Waals surface area contributed by atoms with Crippen molar-refractivity contribution >= 4 is 17.6 Å². The summed E-state index contributed by atoms with van der Waals surface area (Å²) in [6.07, 6.45) is 0.340. The molecule has 1 saturated carbocycles. The molecule has 2 unspecified atom stereocenters. The molecule has 1 aliphatic rings. The molecule has 0 spiro atoms. The number of rotatable bonds is 6. The molecule has 6 heteroatoms. The fraction of sp³-hybridized carbons (Fsp3) is 0.467. The number of carboxylic acid groups (broad SMARTS) is 1. The maximum Gasteiger partial charge on any atom is 0.307 e. The van der Waals surface area contributed by atoms with Gasteiger partial charge in [-0.2, -0.15) is 0 Å². The molecule has 0 heterocycles. The highest BCUT2D eigenvalue weighted by molar-refractivity contribution is 5.99. The Kier molecular flexibility index (Phi) is 4.35. The minimum absolute atomic E-state index is 0.0401. The van der Waals surface area contributed by atoms with Gasteiger partial charge in [0.2, 0.25) is 5.91 Å². The number of hydrogen-bond donors (Lipinski definition) is 2. The lowest BCUT2D eigenvalue weighted by molar-refractivity contribution is -0.139. The Bertz CT molecular complexity index is 555. The van der Waals surface area contributed by atoms with Crippen LogP contribution in [0, 0.1) is 11.8 Å². The van der Waals surface area contributed by atoms with Gasteiger partial charge in [0, 0.05) is 6.07 Å². The first kappa shape index (κ1) is 15.2. The number of amides is 1. The Hall–Kier alpha value is -2.24. The third kappa shape index (κ3) is 3.65. The molecule has 2 atom stereocenters. The van der Waals surface area contributed by atoms with Crippen molar-refractivity contribution in [1.29, 1.82) is 0 Å². The summed E-state index contributed by atoms with van der Waals surface area (Å²) in [7, 11) is 1.53. The van der Waals surface area contributed by atoms with Crippen LogP contribution < -0.4 is 14.8 Å².